The van der Waals surface area contributed by atoms with Gasteiger partial charge >= 0.3 is 0 Å². The van der Waals surface area contributed by atoms with Gasteiger partial charge in [-0.3, -0.25) is 13.9 Å². The molecule has 0 aliphatic heterocycles. The zero-order valence-corrected chi connectivity index (χ0v) is 25.8. The van der Waals surface area contributed by atoms with E-state index in [0.29, 0.717) is 5.56 Å². The molecule has 0 fully saturated rings. The molecule has 4 aromatic rings. The Bertz CT molecular complexity index is 1690. The van der Waals surface area contributed by atoms with Crippen LogP contribution in [0.1, 0.15) is 16.7 Å². The molecular formula is C32H30Cl2FN3O4S. The Labute approximate surface area is 260 Å². The number of sulfonamides is 1. The Balaban J connectivity index is 1.81. The number of rotatable bonds is 11. The lowest BCUT2D eigenvalue weighted by Gasteiger charge is -2.33. The second-order valence-corrected chi connectivity index (χ2v) is 12.5. The van der Waals surface area contributed by atoms with Crippen molar-refractivity contribution in [1.82, 2.24) is 10.2 Å². The van der Waals surface area contributed by atoms with Crippen molar-refractivity contribution < 1.29 is 22.4 Å². The fraction of sp³-hybridized carbons (Fsp3) is 0.188. The minimum absolute atomic E-state index is 0.00405. The van der Waals surface area contributed by atoms with Gasteiger partial charge < -0.3 is 10.2 Å². The number of carbonyl (C=O) groups is 2. The second kappa shape index (κ2) is 14.0. The van der Waals surface area contributed by atoms with Crippen LogP contribution in [0.25, 0.3) is 0 Å². The molecular weight excluding hydrogens is 612 g/mol. The van der Waals surface area contributed by atoms with Crippen LogP contribution in [0.5, 0.6) is 0 Å². The summed E-state index contributed by atoms with van der Waals surface area (Å²) in [6, 6.07) is 24.3. The van der Waals surface area contributed by atoms with Gasteiger partial charge in [0.25, 0.3) is 10.0 Å². The third kappa shape index (κ3) is 7.73. The Morgan fingerprint density at radius 3 is 2.14 bits per heavy atom. The van der Waals surface area contributed by atoms with Gasteiger partial charge in [-0.05, 0) is 54.4 Å². The van der Waals surface area contributed by atoms with Gasteiger partial charge in [-0.1, -0.05) is 89.4 Å². The first kappa shape index (κ1) is 32.0. The van der Waals surface area contributed by atoms with E-state index in [-0.39, 0.29) is 33.6 Å². The largest absolute Gasteiger partial charge is 0.357 e. The van der Waals surface area contributed by atoms with Crippen LogP contribution in [-0.4, -0.2) is 44.8 Å². The van der Waals surface area contributed by atoms with Gasteiger partial charge in [0.15, 0.2) is 0 Å². The molecule has 1 atom stereocenters. The van der Waals surface area contributed by atoms with Crippen molar-refractivity contribution >= 4 is 50.7 Å². The Kier molecular flexibility index (Phi) is 10.4. The van der Waals surface area contributed by atoms with Gasteiger partial charge in [-0.15, -0.1) is 0 Å². The molecule has 43 heavy (non-hydrogen) atoms. The van der Waals surface area contributed by atoms with Gasteiger partial charge in [-0.2, -0.15) is 0 Å². The molecule has 1 N–H and O–H groups in total. The Hall–Kier alpha value is -3.92. The number of likely N-dealkylation sites (N-methyl/N-ethyl adjacent to an activating group) is 1. The number of nitrogens with zero attached hydrogens (tertiary/aromatic N) is 2. The first-order valence-electron chi connectivity index (χ1n) is 13.3. The Morgan fingerprint density at radius 2 is 1.51 bits per heavy atom. The number of benzene rings is 4. The summed E-state index contributed by atoms with van der Waals surface area (Å²) in [6.45, 7) is 1.04. The number of carbonyl (C=O) groups excluding carboxylic acids is 2. The Morgan fingerprint density at radius 1 is 0.860 bits per heavy atom. The van der Waals surface area contributed by atoms with Crippen LogP contribution >= 0.6 is 23.2 Å². The first-order chi connectivity index (χ1) is 20.5. The summed E-state index contributed by atoms with van der Waals surface area (Å²) < 4.78 is 42.7. The van der Waals surface area contributed by atoms with Gasteiger partial charge in [0.1, 0.15) is 18.4 Å². The van der Waals surface area contributed by atoms with Crippen molar-refractivity contribution in [3.8, 4) is 0 Å². The van der Waals surface area contributed by atoms with Crippen molar-refractivity contribution in [2.45, 2.75) is 30.8 Å². The molecule has 4 rings (SSSR count). The van der Waals surface area contributed by atoms with Crippen LogP contribution in [0.4, 0.5) is 10.1 Å². The SMILES string of the molecule is CNC(=O)[C@@H](Cc1ccccc1)N(Cc1ccc(F)cc1)C(=O)CN(c1cccc(Cl)c1Cl)S(=O)(=O)c1ccc(C)cc1. The quantitative estimate of drug-likeness (QED) is 0.217. The maximum Gasteiger partial charge on any atom is 0.264 e. The zero-order chi connectivity index (χ0) is 31.1. The predicted octanol–water partition coefficient (Wildman–Crippen LogP) is 6.02. The van der Waals surface area contributed by atoms with Crippen LogP contribution in [-0.2, 0) is 32.6 Å². The number of nitrogens with one attached hydrogen (secondary N) is 1. The summed E-state index contributed by atoms with van der Waals surface area (Å²) in [5.74, 6) is -1.59. The van der Waals surface area contributed by atoms with Crippen LogP contribution in [0.2, 0.25) is 10.0 Å². The second-order valence-electron chi connectivity index (χ2n) is 9.87. The summed E-state index contributed by atoms with van der Waals surface area (Å²) in [6.07, 6.45) is 0.149. The van der Waals surface area contributed by atoms with E-state index in [1.165, 1.54) is 66.5 Å². The highest BCUT2D eigenvalue weighted by Gasteiger charge is 2.35. The smallest absolute Gasteiger partial charge is 0.264 e. The number of hydrogen-bond donors (Lipinski definition) is 1. The summed E-state index contributed by atoms with van der Waals surface area (Å²) in [4.78, 5) is 28.8. The van der Waals surface area contributed by atoms with Gasteiger partial charge in [0, 0.05) is 20.0 Å². The number of hydrogen-bond acceptors (Lipinski definition) is 4. The third-order valence-electron chi connectivity index (χ3n) is 6.87. The molecule has 0 spiro atoms. The molecule has 0 radical (unpaired) electrons. The summed E-state index contributed by atoms with van der Waals surface area (Å²) >= 11 is 12.8. The highest BCUT2D eigenvalue weighted by Crippen LogP contribution is 2.35. The number of anilines is 1. The monoisotopic (exact) mass is 641 g/mol. The fourth-order valence-corrected chi connectivity index (χ4v) is 6.42. The normalized spacial score (nSPS) is 11.9. The van der Waals surface area contributed by atoms with Gasteiger partial charge in [-0.25, -0.2) is 12.8 Å². The molecule has 0 aliphatic carbocycles. The molecule has 0 saturated carbocycles. The van der Waals surface area contributed by atoms with E-state index in [1.54, 1.807) is 12.1 Å². The van der Waals surface area contributed by atoms with Gasteiger partial charge in [0.05, 0.1) is 20.6 Å². The van der Waals surface area contributed by atoms with E-state index >= 15 is 0 Å². The lowest BCUT2D eigenvalue weighted by molar-refractivity contribution is -0.139. The van der Waals surface area contributed by atoms with Crippen LogP contribution in [0, 0.1) is 12.7 Å². The van der Waals surface area contributed by atoms with Crippen LogP contribution in [0.3, 0.4) is 0 Å². The van der Waals surface area contributed by atoms with E-state index in [9.17, 15) is 22.4 Å². The lowest BCUT2D eigenvalue weighted by atomic mass is 10.0. The molecule has 0 saturated heterocycles. The molecule has 4 aromatic carbocycles. The number of aryl methyl sites for hydroxylation is 1. The molecule has 11 heteroatoms. The van der Waals surface area contributed by atoms with Gasteiger partial charge in [0.2, 0.25) is 11.8 Å². The van der Waals surface area contributed by atoms with Crippen LogP contribution in [0.15, 0.2) is 102 Å². The van der Waals surface area contributed by atoms with Crippen molar-refractivity contribution in [1.29, 1.82) is 0 Å². The topological polar surface area (TPSA) is 86.8 Å². The summed E-state index contributed by atoms with van der Waals surface area (Å²) in [5.41, 5.74) is 2.19. The van der Waals surface area contributed by atoms with Crippen molar-refractivity contribution in [2.75, 3.05) is 17.9 Å². The molecule has 0 heterocycles. The minimum atomic E-state index is -4.33. The highest BCUT2D eigenvalue weighted by molar-refractivity contribution is 7.92. The van der Waals surface area contributed by atoms with Crippen LogP contribution < -0.4 is 9.62 Å². The van der Waals surface area contributed by atoms with E-state index in [4.69, 9.17) is 23.2 Å². The average molecular weight is 643 g/mol. The maximum atomic E-state index is 14.3. The standard InChI is InChI=1S/C32H30Cl2FN3O4S/c1-22-11-17-26(18-12-22)43(41,42)38(28-10-6-9-27(33)31(28)34)21-30(39)37(20-24-13-15-25(35)16-14-24)29(32(40)36-2)19-23-7-4-3-5-8-23/h3-18,29H,19-21H2,1-2H3,(H,36,40)/t29-/m1/s1. The summed E-state index contributed by atoms with van der Waals surface area (Å²) in [5, 5.41) is 2.67. The van der Waals surface area contributed by atoms with Crippen molar-refractivity contribution in [2.24, 2.45) is 0 Å². The third-order valence-corrected chi connectivity index (χ3v) is 9.45. The molecule has 0 aromatic heterocycles. The minimum Gasteiger partial charge on any atom is -0.357 e. The van der Waals surface area contributed by atoms with E-state index < -0.39 is 40.2 Å². The molecule has 7 nitrogen and oxygen atoms in total. The number of halogens is 3. The maximum absolute atomic E-state index is 14.3. The summed E-state index contributed by atoms with van der Waals surface area (Å²) in [7, 11) is -2.88. The first-order valence-corrected chi connectivity index (χ1v) is 15.5. The molecule has 0 unspecified atom stereocenters. The number of amides is 2. The average Bonchev–Trinajstić information content (AvgIpc) is 3.00. The van der Waals surface area contributed by atoms with Crippen molar-refractivity contribution in [3.63, 3.8) is 0 Å². The van der Waals surface area contributed by atoms with E-state index in [1.807, 2.05) is 37.3 Å². The predicted molar refractivity (Wildman–Crippen MR) is 167 cm³/mol. The molecule has 2 amide bonds. The highest BCUT2D eigenvalue weighted by atomic mass is 35.5. The lowest BCUT2D eigenvalue weighted by Crippen LogP contribution is -2.53. The molecule has 0 bridgehead atoms. The van der Waals surface area contributed by atoms with E-state index in [2.05, 4.69) is 5.32 Å². The van der Waals surface area contributed by atoms with E-state index in [0.717, 1.165) is 15.4 Å². The molecule has 0 aliphatic rings. The molecule has 224 valence electrons. The fourth-order valence-electron chi connectivity index (χ4n) is 4.54. The van der Waals surface area contributed by atoms with Crippen molar-refractivity contribution in [3.05, 3.63) is 130 Å². The zero-order valence-electron chi connectivity index (χ0n) is 23.5.